The van der Waals surface area contributed by atoms with E-state index < -0.39 is 26.0 Å². The summed E-state index contributed by atoms with van der Waals surface area (Å²) in [6, 6.07) is 64.3. The monoisotopic (exact) mass is 754 g/mol. The van der Waals surface area contributed by atoms with Crippen LogP contribution in [0.5, 0.6) is 0 Å². The highest BCUT2D eigenvalue weighted by Gasteiger charge is 2.28. The molecule has 0 aliphatic rings. The average Bonchev–Trinajstić information content (AvgIpc) is 3.15. The van der Waals surface area contributed by atoms with Crippen LogP contribution in [0.1, 0.15) is 0 Å². The second-order valence-electron chi connectivity index (χ2n) is 10.2. The molecule has 0 spiro atoms. The fourth-order valence-corrected chi connectivity index (χ4v) is 8.80. The molecule has 0 amide bonds. The molecule has 0 heterocycles. The van der Waals surface area contributed by atoms with Gasteiger partial charge in [0.2, 0.25) is 0 Å². The molecular formula is C41H38O6S4. The lowest BCUT2D eigenvalue weighted by Crippen LogP contribution is -2.04. The van der Waals surface area contributed by atoms with Crippen LogP contribution in [0.2, 0.25) is 0 Å². The van der Waals surface area contributed by atoms with Crippen molar-refractivity contribution in [2.24, 2.45) is 0 Å². The Morgan fingerprint density at radius 2 is 0.588 bits per heavy atom. The molecule has 0 unspecified atom stereocenters. The maximum absolute atomic E-state index is 9.60. The van der Waals surface area contributed by atoms with E-state index in [1.54, 1.807) is 0 Å². The van der Waals surface area contributed by atoms with Gasteiger partial charge in [-0.25, -0.2) is 16.8 Å². The van der Waals surface area contributed by atoms with Gasteiger partial charge in [0, 0.05) is 5.41 Å². The zero-order valence-corrected chi connectivity index (χ0v) is 30.9. The van der Waals surface area contributed by atoms with Crippen LogP contribution in [-0.2, 0) is 42.0 Å². The fourth-order valence-electron chi connectivity index (χ4n) is 4.30. The van der Waals surface area contributed by atoms with Crippen molar-refractivity contribution in [1.29, 1.82) is 0 Å². The summed E-state index contributed by atoms with van der Waals surface area (Å²) in [7, 11) is -8.22. The summed E-state index contributed by atoms with van der Waals surface area (Å²) in [5, 5.41) is 0.354. The standard InChI is InChI=1S/2C18H15S.C3H6O3S.C2H4O3S/c2*1-4-10-16(11-5-1)19(17-12-6-2-7-13-17)18-14-8-3-9-15-18;1-2-3-7(4,5)6;1-2-6(3,4)5/h2*1-15H;2H,1,3H2,(H,4,5,6);2H,1H2,(H,3,4,5)/q2*+1;;/p-2. The van der Waals surface area contributed by atoms with Gasteiger partial charge in [-0.15, -0.1) is 6.58 Å². The van der Waals surface area contributed by atoms with Crippen LogP contribution >= 0.6 is 0 Å². The summed E-state index contributed by atoms with van der Waals surface area (Å²) < 4.78 is 56.8. The van der Waals surface area contributed by atoms with Gasteiger partial charge >= 0.3 is 0 Å². The molecule has 0 aromatic heterocycles. The van der Waals surface area contributed by atoms with Crippen molar-refractivity contribution in [3.63, 3.8) is 0 Å². The molecule has 0 fully saturated rings. The molecule has 6 rings (SSSR count). The van der Waals surface area contributed by atoms with E-state index in [9.17, 15) is 25.9 Å². The molecule has 0 aliphatic carbocycles. The Morgan fingerprint density at radius 1 is 0.412 bits per heavy atom. The maximum Gasteiger partial charge on any atom is 0.166 e. The van der Waals surface area contributed by atoms with Crippen LogP contribution in [-0.4, -0.2) is 31.7 Å². The van der Waals surface area contributed by atoms with Gasteiger partial charge in [-0.2, -0.15) is 0 Å². The van der Waals surface area contributed by atoms with Crippen LogP contribution in [0.4, 0.5) is 0 Å². The molecule has 0 bridgehead atoms. The molecule has 0 aliphatic heterocycles. The average molecular weight is 755 g/mol. The van der Waals surface area contributed by atoms with Crippen LogP contribution in [0.25, 0.3) is 0 Å². The lowest BCUT2D eigenvalue weighted by atomic mass is 10.4. The third kappa shape index (κ3) is 15.4. The van der Waals surface area contributed by atoms with Crippen molar-refractivity contribution in [1.82, 2.24) is 0 Å². The SMILES string of the molecule is C=CCS(=O)(=O)[O-].C=CS(=O)(=O)[O-].c1ccc([S+](c2ccccc2)c2ccccc2)cc1.c1ccc([S+](c2ccccc2)c2ccccc2)cc1. The maximum atomic E-state index is 9.60. The molecule has 10 heteroatoms. The van der Waals surface area contributed by atoms with Gasteiger partial charge in [0.25, 0.3) is 0 Å². The van der Waals surface area contributed by atoms with Crippen molar-refractivity contribution >= 4 is 42.0 Å². The summed E-state index contributed by atoms with van der Waals surface area (Å²) in [6.45, 7) is 5.80. The van der Waals surface area contributed by atoms with E-state index in [4.69, 9.17) is 0 Å². The van der Waals surface area contributed by atoms with Crippen LogP contribution in [0.3, 0.4) is 0 Å². The Hall–Kier alpha value is -4.68. The van der Waals surface area contributed by atoms with E-state index in [1.807, 2.05) is 0 Å². The van der Waals surface area contributed by atoms with Crippen LogP contribution < -0.4 is 0 Å². The largest absolute Gasteiger partial charge is 0.748 e. The number of hydrogen-bond acceptors (Lipinski definition) is 6. The highest BCUT2D eigenvalue weighted by atomic mass is 32.2. The van der Waals surface area contributed by atoms with E-state index in [0.29, 0.717) is 5.41 Å². The fraction of sp³-hybridized carbons (Fsp3) is 0.0244. The highest BCUT2D eigenvalue weighted by Crippen LogP contribution is 2.31. The van der Waals surface area contributed by atoms with Crippen molar-refractivity contribution in [2.45, 2.75) is 29.4 Å². The van der Waals surface area contributed by atoms with E-state index in [-0.39, 0.29) is 21.8 Å². The summed E-state index contributed by atoms with van der Waals surface area (Å²) in [5.74, 6) is -0.479. The molecule has 51 heavy (non-hydrogen) atoms. The zero-order valence-electron chi connectivity index (χ0n) is 27.7. The lowest BCUT2D eigenvalue weighted by molar-refractivity contribution is 0.466. The van der Waals surface area contributed by atoms with Gasteiger partial charge < -0.3 is 9.11 Å². The third-order valence-corrected chi connectivity index (χ3v) is 11.9. The molecule has 6 aromatic rings. The van der Waals surface area contributed by atoms with Gasteiger partial charge in [0.1, 0.15) is 10.1 Å². The van der Waals surface area contributed by atoms with E-state index in [0.717, 1.165) is 6.08 Å². The lowest BCUT2D eigenvalue weighted by Gasteiger charge is -2.07. The Balaban J connectivity index is 0.000000207. The zero-order chi connectivity index (χ0) is 37.0. The first-order valence-electron chi connectivity index (χ1n) is 15.4. The molecule has 0 N–H and O–H groups in total. The Kier molecular flexibility index (Phi) is 17.2. The van der Waals surface area contributed by atoms with Crippen LogP contribution in [0.15, 0.2) is 236 Å². The molecule has 6 aromatic carbocycles. The molecule has 0 saturated carbocycles. The first-order valence-corrected chi connectivity index (χ1v) is 20.9. The number of benzene rings is 6. The minimum atomic E-state index is -4.15. The van der Waals surface area contributed by atoms with E-state index >= 15 is 0 Å². The topological polar surface area (TPSA) is 114 Å². The Bertz CT molecular complexity index is 1760. The van der Waals surface area contributed by atoms with Crippen LogP contribution in [0, 0.1) is 0 Å². The van der Waals surface area contributed by atoms with Crippen molar-refractivity contribution in [3.05, 3.63) is 207 Å². The van der Waals surface area contributed by atoms with Gasteiger partial charge in [0.05, 0.1) is 37.7 Å². The summed E-state index contributed by atoms with van der Waals surface area (Å²) in [5.41, 5.74) is 0. The summed E-state index contributed by atoms with van der Waals surface area (Å²) in [6.07, 6.45) is 1.06. The molecule has 262 valence electrons. The van der Waals surface area contributed by atoms with Gasteiger partial charge in [-0.1, -0.05) is 122 Å². The van der Waals surface area contributed by atoms with E-state index in [2.05, 4.69) is 195 Å². The molecule has 0 saturated heterocycles. The van der Waals surface area contributed by atoms with Crippen molar-refractivity contribution in [3.8, 4) is 0 Å². The smallest absolute Gasteiger partial charge is 0.166 e. The second kappa shape index (κ2) is 21.5. The number of hydrogen-bond donors (Lipinski definition) is 0. The first-order chi connectivity index (χ1) is 24.5. The molecule has 6 nitrogen and oxygen atoms in total. The van der Waals surface area contributed by atoms with E-state index in [1.165, 1.54) is 29.4 Å². The van der Waals surface area contributed by atoms with Crippen molar-refractivity contribution in [2.75, 3.05) is 5.75 Å². The predicted octanol–water partition coefficient (Wildman–Crippen LogP) is 8.96. The van der Waals surface area contributed by atoms with Gasteiger partial charge in [-0.3, -0.25) is 0 Å². The molecule has 0 atom stereocenters. The second-order valence-corrected chi connectivity index (χ2v) is 17.0. The minimum absolute atomic E-state index is 0.0146. The predicted molar refractivity (Wildman–Crippen MR) is 208 cm³/mol. The quantitative estimate of drug-likeness (QED) is 0.0828. The third-order valence-electron chi connectivity index (χ3n) is 6.40. The van der Waals surface area contributed by atoms with Crippen molar-refractivity contribution < 1.29 is 25.9 Å². The Labute approximate surface area is 308 Å². The minimum Gasteiger partial charge on any atom is -0.748 e. The van der Waals surface area contributed by atoms with Gasteiger partial charge in [-0.05, 0) is 72.8 Å². The van der Waals surface area contributed by atoms with Gasteiger partial charge in [0.15, 0.2) is 29.4 Å². The first kappa shape index (κ1) is 40.7. The highest BCUT2D eigenvalue weighted by molar-refractivity contribution is 7.97. The normalized spacial score (nSPS) is 10.7. The molecular weight excluding hydrogens is 717 g/mol. The summed E-state index contributed by atoms with van der Waals surface area (Å²) in [4.78, 5) is 8.17. The number of rotatable bonds is 9. The summed E-state index contributed by atoms with van der Waals surface area (Å²) >= 11 is 0. The molecule has 0 radical (unpaired) electrons. The Morgan fingerprint density at radius 3 is 0.686 bits per heavy atom.